The molecule has 0 aromatic carbocycles. The van der Waals surface area contributed by atoms with Crippen molar-refractivity contribution < 1.29 is 22.4 Å². The fourth-order valence-corrected chi connectivity index (χ4v) is 16.0. The van der Waals surface area contributed by atoms with Crippen LogP contribution in [0, 0.1) is 0 Å². The second kappa shape index (κ2) is 9.85. The molecule has 2 rings (SSSR count). The number of rotatable bonds is 7. The predicted octanol–water partition coefficient (Wildman–Crippen LogP) is 4.54. The van der Waals surface area contributed by atoms with E-state index >= 15 is 0 Å². The molecule has 0 aliphatic carbocycles. The van der Waals surface area contributed by atoms with Gasteiger partial charge in [-0.1, -0.05) is 55.4 Å². The van der Waals surface area contributed by atoms with E-state index in [0.29, 0.717) is 23.6 Å². The van der Waals surface area contributed by atoms with E-state index in [1.165, 1.54) is 0 Å². The Morgan fingerprint density at radius 2 is 1.50 bits per heavy atom. The largest absolute Gasteiger partial charge is 0.414 e. The summed E-state index contributed by atoms with van der Waals surface area (Å²) in [5, 5.41) is 0. The molecule has 9 heteroatoms. The molecule has 1 unspecified atom stereocenters. The summed E-state index contributed by atoms with van der Waals surface area (Å²) < 4.78 is 33.0. The van der Waals surface area contributed by atoms with E-state index in [2.05, 4.69) is 55.4 Å². The summed E-state index contributed by atoms with van der Waals surface area (Å²) in [6.45, 7) is 18.2. The van der Waals surface area contributed by atoms with E-state index < -0.39 is 23.1 Å². The third kappa shape index (κ3) is 4.61. The van der Waals surface area contributed by atoms with Gasteiger partial charge in [0.15, 0.2) is 0 Å². The number of hydrogen-bond donors (Lipinski definition) is 0. The molecule has 0 aromatic rings. The van der Waals surface area contributed by atoms with Crippen LogP contribution in [0.2, 0.25) is 22.2 Å². The van der Waals surface area contributed by atoms with Crippen LogP contribution in [-0.4, -0.2) is 68.1 Å². The van der Waals surface area contributed by atoms with Crippen molar-refractivity contribution in [2.24, 2.45) is 0 Å². The lowest BCUT2D eigenvalue weighted by Gasteiger charge is -2.51. The van der Waals surface area contributed by atoms with Crippen molar-refractivity contribution in [2.45, 2.75) is 102 Å². The molecule has 0 spiro atoms. The predicted molar refractivity (Wildman–Crippen MR) is 121 cm³/mol. The van der Waals surface area contributed by atoms with Crippen LogP contribution in [0.1, 0.15) is 55.4 Å². The van der Waals surface area contributed by atoms with Crippen molar-refractivity contribution >= 4 is 36.7 Å². The van der Waals surface area contributed by atoms with Crippen LogP contribution < -0.4 is 0 Å². The molecule has 2 saturated heterocycles. The highest BCUT2D eigenvalue weighted by Crippen LogP contribution is 2.47. The topological polar surface area (TPSA) is 46.2 Å². The Morgan fingerprint density at radius 1 is 0.964 bits per heavy atom. The molecule has 0 bridgehead atoms. The second-order valence-corrected chi connectivity index (χ2v) is 18.9. The van der Waals surface area contributed by atoms with E-state index in [4.69, 9.17) is 30.3 Å². The van der Waals surface area contributed by atoms with Gasteiger partial charge in [-0.15, -0.1) is 11.8 Å². The molecular formula is C19H39BO5SSi2. The Hall–Kier alpha value is 0.649. The van der Waals surface area contributed by atoms with Crippen LogP contribution >= 0.6 is 11.8 Å². The maximum Gasteiger partial charge on any atom is 0.335 e. The molecule has 2 radical (unpaired) electrons. The van der Waals surface area contributed by atoms with Gasteiger partial charge in [-0.05, 0) is 28.4 Å². The first-order chi connectivity index (χ1) is 13.0. The number of thioether (sulfide) groups is 1. The SMILES string of the molecule is [B][C@@H]1O[C@@H]2CO[Si](C(C)C)(C(C)C)O[Si](C(C)C)(C(C)C)OC2[C@@H]1OCSC. The van der Waals surface area contributed by atoms with Crippen molar-refractivity contribution in [1.82, 2.24) is 0 Å². The van der Waals surface area contributed by atoms with Crippen LogP contribution in [0.4, 0.5) is 0 Å². The zero-order chi connectivity index (χ0) is 21.3. The second-order valence-electron chi connectivity index (χ2n) is 9.23. The molecule has 4 atom stereocenters. The van der Waals surface area contributed by atoms with E-state index in [1.807, 2.05) is 6.26 Å². The third-order valence-corrected chi connectivity index (χ3v) is 16.7. The van der Waals surface area contributed by atoms with Crippen LogP contribution in [-0.2, 0) is 22.4 Å². The normalized spacial score (nSPS) is 32.8. The fraction of sp³-hybridized carbons (Fsp3) is 1.00. The Kier molecular flexibility index (Phi) is 8.76. The van der Waals surface area contributed by atoms with Crippen molar-refractivity contribution in [1.29, 1.82) is 0 Å². The maximum absolute atomic E-state index is 7.18. The Morgan fingerprint density at radius 3 is 1.96 bits per heavy atom. The average Bonchev–Trinajstić information content (AvgIpc) is 2.86. The summed E-state index contributed by atoms with van der Waals surface area (Å²) in [5.41, 5.74) is 1.18. The van der Waals surface area contributed by atoms with E-state index in [9.17, 15) is 0 Å². The number of fused-ring (bicyclic) bond motifs is 1. The van der Waals surface area contributed by atoms with Gasteiger partial charge in [-0.2, -0.15) is 0 Å². The Bertz CT molecular complexity index is 493. The summed E-state index contributed by atoms with van der Waals surface area (Å²) in [5.74, 6) is 0.560. The third-order valence-electron chi connectivity index (χ3n) is 6.06. The smallest absolute Gasteiger partial charge is 0.335 e. The van der Waals surface area contributed by atoms with Crippen LogP contribution in [0.3, 0.4) is 0 Å². The molecule has 0 amide bonds. The number of hydrogen-bond acceptors (Lipinski definition) is 6. The van der Waals surface area contributed by atoms with E-state index in [-0.39, 0.29) is 29.4 Å². The summed E-state index contributed by atoms with van der Waals surface area (Å²) in [6.07, 6.45) is 1.22. The summed E-state index contributed by atoms with van der Waals surface area (Å²) in [6, 6.07) is -0.510. The van der Waals surface area contributed by atoms with Crippen LogP contribution in [0.25, 0.3) is 0 Å². The minimum atomic E-state index is -2.66. The van der Waals surface area contributed by atoms with E-state index in [0.717, 1.165) is 0 Å². The molecule has 28 heavy (non-hydrogen) atoms. The lowest BCUT2D eigenvalue weighted by atomic mass is 9.93. The monoisotopic (exact) mass is 446 g/mol. The zero-order valence-corrected chi connectivity index (χ0v) is 21.9. The van der Waals surface area contributed by atoms with Gasteiger partial charge in [0.1, 0.15) is 26.2 Å². The van der Waals surface area contributed by atoms with Gasteiger partial charge in [-0.25, -0.2) is 0 Å². The quantitative estimate of drug-likeness (QED) is 0.423. The minimum Gasteiger partial charge on any atom is -0.414 e. The van der Waals surface area contributed by atoms with Crippen molar-refractivity contribution in [3.63, 3.8) is 0 Å². The molecule has 2 aliphatic rings. The van der Waals surface area contributed by atoms with Crippen molar-refractivity contribution in [3.8, 4) is 0 Å². The lowest BCUT2D eigenvalue weighted by molar-refractivity contribution is -0.0381. The van der Waals surface area contributed by atoms with Crippen molar-refractivity contribution in [2.75, 3.05) is 18.8 Å². The zero-order valence-electron chi connectivity index (χ0n) is 19.1. The molecule has 0 saturated carbocycles. The van der Waals surface area contributed by atoms with Gasteiger partial charge in [0.25, 0.3) is 0 Å². The van der Waals surface area contributed by atoms with Crippen LogP contribution in [0.5, 0.6) is 0 Å². The van der Waals surface area contributed by atoms with Gasteiger partial charge in [0, 0.05) is 6.00 Å². The standard InChI is InChI=1S/C19H39BO5SSi2/c1-12(2)27(13(3)4)22-10-16-17(18(19(20)23-16)21-11-26-9)24-28(25-27,14(5)6)15(7)8/h12-19H,10-11H2,1-9H3/t16-,17?,18+,19-/m1/s1. The molecule has 162 valence electrons. The molecule has 2 aliphatic heterocycles. The van der Waals surface area contributed by atoms with E-state index in [1.54, 1.807) is 11.8 Å². The van der Waals surface area contributed by atoms with Crippen molar-refractivity contribution in [3.05, 3.63) is 0 Å². The molecule has 2 fully saturated rings. The molecule has 0 N–H and O–H groups in total. The highest BCUT2D eigenvalue weighted by atomic mass is 32.2. The van der Waals surface area contributed by atoms with Gasteiger partial charge < -0.3 is 22.4 Å². The fourth-order valence-electron chi connectivity index (χ4n) is 4.51. The highest BCUT2D eigenvalue weighted by molar-refractivity contribution is 7.98. The molecule has 5 nitrogen and oxygen atoms in total. The highest BCUT2D eigenvalue weighted by Gasteiger charge is 2.61. The Labute approximate surface area is 179 Å². The average molecular weight is 447 g/mol. The first-order valence-corrected chi connectivity index (χ1v) is 15.9. The first kappa shape index (κ1) is 24.9. The van der Waals surface area contributed by atoms with Gasteiger partial charge in [0.05, 0.1) is 12.5 Å². The van der Waals surface area contributed by atoms with Gasteiger partial charge >= 0.3 is 17.1 Å². The number of ether oxygens (including phenoxy) is 2. The Balaban J connectivity index is 2.50. The summed E-state index contributed by atoms with van der Waals surface area (Å²) in [7, 11) is 1.10. The molecule has 2 heterocycles. The maximum atomic E-state index is 7.18. The lowest BCUT2D eigenvalue weighted by Crippen LogP contribution is -2.66. The summed E-state index contributed by atoms with van der Waals surface area (Å²) in [4.78, 5) is 0. The minimum absolute atomic E-state index is 0.223. The van der Waals surface area contributed by atoms with Gasteiger partial charge in [-0.3, -0.25) is 0 Å². The molecule has 0 aromatic heterocycles. The first-order valence-electron chi connectivity index (χ1n) is 10.5. The van der Waals surface area contributed by atoms with Crippen LogP contribution in [0.15, 0.2) is 0 Å². The molecular weight excluding hydrogens is 407 g/mol. The van der Waals surface area contributed by atoms with Gasteiger partial charge in [0.2, 0.25) is 0 Å². The summed E-state index contributed by atoms with van der Waals surface area (Å²) >= 11 is 1.63.